The van der Waals surface area contributed by atoms with Crippen molar-refractivity contribution in [3.8, 4) is 0 Å². The number of sulfone groups is 1. The summed E-state index contributed by atoms with van der Waals surface area (Å²) in [6.07, 6.45) is -4.57. The van der Waals surface area contributed by atoms with Gasteiger partial charge in [0.05, 0.1) is 10.5 Å². The Morgan fingerprint density at radius 3 is 2.10 bits per heavy atom. The second-order valence-electron chi connectivity index (χ2n) is 6.59. The molecule has 2 aromatic rings. The van der Waals surface area contributed by atoms with Gasteiger partial charge in [-0.2, -0.15) is 13.2 Å². The molecule has 0 aliphatic rings. The van der Waals surface area contributed by atoms with Crippen molar-refractivity contribution in [2.75, 3.05) is 12.3 Å². The van der Waals surface area contributed by atoms with Crippen LogP contribution in [-0.2, 0) is 20.8 Å². The smallest absolute Gasteiger partial charge is 0.354 e. The van der Waals surface area contributed by atoms with Gasteiger partial charge in [-0.1, -0.05) is 11.6 Å². The number of carbonyl (C=O) groups is 1. The van der Waals surface area contributed by atoms with Gasteiger partial charge in [-0.3, -0.25) is 4.79 Å². The highest BCUT2D eigenvalue weighted by atomic mass is 35.5. The standard InChI is InChI=1S/C19H19ClF3NO3S2/c1-18(2,17(25)24-11-12-28-15-7-5-14(20)6-8-15)29(26,27)16-9-3-13(4-10-16)19(21,22)23/h3-10H,11-12H2,1-2H3,(H,24,25). The fourth-order valence-corrected chi connectivity index (χ4v) is 4.61. The van der Waals surface area contributed by atoms with Crippen molar-refractivity contribution in [3.05, 3.63) is 59.1 Å². The Hall–Kier alpha value is -1.71. The summed E-state index contributed by atoms with van der Waals surface area (Å²) in [6, 6.07) is 10.2. The van der Waals surface area contributed by atoms with Gasteiger partial charge in [0, 0.05) is 22.2 Å². The highest BCUT2D eigenvalue weighted by molar-refractivity contribution is 7.99. The van der Waals surface area contributed by atoms with Crippen LogP contribution in [0.15, 0.2) is 58.3 Å². The molecule has 158 valence electrons. The summed E-state index contributed by atoms with van der Waals surface area (Å²) in [7, 11) is -4.19. The summed E-state index contributed by atoms with van der Waals surface area (Å²) in [6.45, 7) is 2.67. The maximum atomic E-state index is 12.8. The third kappa shape index (κ3) is 5.67. The average Bonchev–Trinajstić information content (AvgIpc) is 2.65. The van der Waals surface area contributed by atoms with E-state index in [1.165, 1.54) is 25.6 Å². The zero-order valence-corrected chi connectivity index (χ0v) is 18.0. The van der Waals surface area contributed by atoms with Crippen molar-refractivity contribution >= 4 is 39.1 Å². The van der Waals surface area contributed by atoms with Crippen molar-refractivity contribution in [1.82, 2.24) is 5.32 Å². The average molecular weight is 466 g/mol. The molecule has 0 saturated carbocycles. The van der Waals surface area contributed by atoms with Crippen molar-refractivity contribution in [2.24, 2.45) is 0 Å². The molecule has 0 heterocycles. The van der Waals surface area contributed by atoms with Gasteiger partial charge in [0.15, 0.2) is 9.84 Å². The monoisotopic (exact) mass is 465 g/mol. The molecule has 2 aromatic carbocycles. The minimum absolute atomic E-state index is 0.220. The molecule has 0 fully saturated rings. The fourth-order valence-electron chi connectivity index (χ4n) is 2.32. The molecule has 0 atom stereocenters. The number of rotatable bonds is 7. The van der Waals surface area contributed by atoms with Crippen LogP contribution in [0.4, 0.5) is 13.2 Å². The van der Waals surface area contributed by atoms with Crippen LogP contribution in [0.5, 0.6) is 0 Å². The number of halogens is 4. The number of hydrogen-bond donors (Lipinski definition) is 1. The maximum Gasteiger partial charge on any atom is 0.416 e. The minimum atomic E-state index is -4.57. The van der Waals surface area contributed by atoms with Crippen LogP contribution in [0.1, 0.15) is 19.4 Å². The molecule has 0 aliphatic carbocycles. The Kier molecular flexibility index (Phi) is 7.29. The predicted octanol–water partition coefficient (Wildman–Crippen LogP) is 4.82. The van der Waals surface area contributed by atoms with Crippen molar-refractivity contribution in [2.45, 2.75) is 34.6 Å². The lowest BCUT2D eigenvalue weighted by Crippen LogP contribution is -2.48. The van der Waals surface area contributed by atoms with Gasteiger partial charge in [-0.15, -0.1) is 11.8 Å². The second-order valence-corrected chi connectivity index (χ2v) is 10.7. The number of alkyl halides is 3. The van der Waals surface area contributed by atoms with E-state index in [-0.39, 0.29) is 11.4 Å². The SMILES string of the molecule is CC(C)(C(=O)NCCSc1ccc(Cl)cc1)S(=O)(=O)c1ccc(C(F)(F)F)cc1. The molecular weight excluding hydrogens is 447 g/mol. The zero-order valence-electron chi connectivity index (χ0n) is 15.6. The Morgan fingerprint density at radius 2 is 1.59 bits per heavy atom. The molecule has 0 bridgehead atoms. The minimum Gasteiger partial charge on any atom is -0.354 e. The van der Waals surface area contributed by atoms with Crippen molar-refractivity contribution < 1.29 is 26.4 Å². The van der Waals surface area contributed by atoms with Crippen molar-refractivity contribution in [3.63, 3.8) is 0 Å². The van der Waals surface area contributed by atoms with Crippen LogP contribution >= 0.6 is 23.4 Å². The highest BCUT2D eigenvalue weighted by Crippen LogP contribution is 2.32. The van der Waals surface area contributed by atoms with E-state index in [9.17, 15) is 26.4 Å². The number of carbonyl (C=O) groups excluding carboxylic acids is 1. The van der Waals surface area contributed by atoms with Crippen molar-refractivity contribution in [1.29, 1.82) is 0 Å². The van der Waals surface area contributed by atoms with Crippen LogP contribution < -0.4 is 5.32 Å². The number of nitrogens with one attached hydrogen (secondary N) is 1. The van der Waals surface area contributed by atoms with Gasteiger partial charge < -0.3 is 5.32 Å². The largest absolute Gasteiger partial charge is 0.416 e. The molecule has 4 nitrogen and oxygen atoms in total. The topological polar surface area (TPSA) is 63.2 Å². The summed E-state index contributed by atoms with van der Waals surface area (Å²) in [5, 5.41) is 3.18. The van der Waals surface area contributed by atoms with E-state index >= 15 is 0 Å². The summed E-state index contributed by atoms with van der Waals surface area (Å²) in [5.74, 6) is -0.224. The molecule has 1 amide bonds. The molecule has 29 heavy (non-hydrogen) atoms. The Bertz CT molecular complexity index is 958. The van der Waals surface area contributed by atoms with Gasteiger partial charge in [0.2, 0.25) is 5.91 Å². The van der Waals surface area contributed by atoms with Crippen LogP contribution in [0, 0.1) is 0 Å². The fraction of sp³-hybridized carbons (Fsp3) is 0.316. The molecule has 0 saturated heterocycles. The summed E-state index contributed by atoms with van der Waals surface area (Å²) >= 11 is 7.27. The molecule has 2 rings (SSSR count). The first-order chi connectivity index (χ1) is 13.4. The van der Waals surface area contributed by atoms with Gasteiger partial charge >= 0.3 is 6.18 Å². The van der Waals surface area contributed by atoms with E-state index in [0.717, 1.165) is 17.0 Å². The van der Waals surface area contributed by atoms with Crippen LogP contribution in [0.3, 0.4) is 0 Å². The van der Waals surface area contributed by atoms with Gasteiger partial charge in [-0.05, 0) is 62.4 Å². The summed E-state index contributed by atoms with van der Waals surface area (Å²) in [5.41, 5.74) is -0.960. The van der Waals surface area contributed by atoms with Gasteiger partial charge in [0.1, 0.15) is 4.75 Å². The molecule has 0 aliphatic heterocycles. The maximum absolute atomic E-state index is 12.8. The first kappa shape index (κ1) is 23.6. The lowest BCUT2D eigenvalue weighted by atomic mass is 10.2. The first-order valence-electron chi connectivity index (χ1n) is 8.44. The highest BCUT2D eigenvalue weighted by Gasteiger charge is 2.43. The molecule has 0 unspecified atom stereocenters. The summed E-state index contributed by atoms with van der Waals surface area (Å²) in [4.78, 5) is 13.1. The van der Waals surface area contributed by atoms with E-state index in [2.05, 4.69) is 5.32 Å². The van der Waals surface area contributed by atoms with E-state index in [1.807, 2.05) is 12.1 Å². The molecular formula is C19H19ClF3NO3S2. The number of amides is 1. The molecule has 10 heteroatoms. The van der Waals surface area contributed by atoms with E-state index in [4.69, 9.17) is 11.6 Å². The van der Waals surface area contributed by atoms with Crippen LogP contribution in [-0.4, -0.2) is 31.4 Å². The lowest BCUT2D eigenvalue weighted by molar-refractivity contribution is -0.137. The third-order valence-electron chi connectivity index (χ3n) is 4.18. The molecule has 0 radical (unpaired) electrons. The number of benzene rings is 2. The van der Waals surface area contributed by atoms with Crippen LogP contribution in [0.25, 0.3) is 0 Å². The number of hydrogen-bond acceptors (Lipinski definition) is 4. The summed E-state index contributed by atoms with van der Waals surface area (Å²) < 4.78 is 61.7. The Morgan fingerprint density at radius 1 is 1.03 bits per heavy atom. The van der Waals surface area contributed by atoms with E-state index in [1.54, 1.807) is 12.1 Å². The second kappa shape index (κ2) is 8.97. The number of thioether (sulfide) groups is 1. The van der Waals surface area contributed by atoms with Gasteiger partial charge in [-0.25, -0.2) is 8.42 Å². The zero-order chi connectivity index (χ0) is 21.9. The van der Waals surface area contributed by atoms with Crippen LogP contribution in [0.2, 0.25) is 5.02 Å². The predicted molar refractivity (Wildman–Crippen MR) is 108 cm³/mol. The third-order valence-corrected chi connectivity index (χ3v) is 7.87. The Labute approximate surface area is 176 Å². The molecule has 1 N–H and O–H groups in total. The lowest BCUT2D eigenvalue weighted by Gasteiger charge is -2.24. The van der Waals surface area contributed by atoms with Gasteiger partial charge in [0.25, 0.3) is 0 Å². The quantitative estimate of drug-likeness (QED) is 0.470. The van der Waals surface area contributed by atoms with E-state index < -0.39 is 32.2 Å². The molecule has 0 aromatic heterocycles. The molecule has 0 spiro atoms. The Balaban J connectivity index is 2.01. The first-order valence-corrected chi connectivity index (χ1v) is 11.3. The normalized spacial score (nSPS) is 12.6. The van der Waals surface area contributed by atoms with E-state index in [0.29, 0.717) is 22.9 Å².